The van der Waals surface area contributed by atoms with Gasteiger partial charge in [-0.05, 0) is 57.5 Å². The number of amides is 2. The van der Waals surface area contributed by atoms with Gasteiger partial charge < -0.3 is 15.0 Å². The van der Waals surface area contributed by atoms with E-state index in [2.05, 4.69) is 20.5 Å². The van der Waals surface area contributed by atoms with Crippen molar-refractivity contribution >= 4 is 22.5 Å². The number of nitrogens with one attached hydrogen (secondary N) is 2. The summed E-state index contributed by atoms with van der Waals surface area (Å²) in [5.41, 5.74) is 2.19. The summed E-state index contributed by atoms with van der Waals surface area (Å²) in [7, 11) is 4.04. The maximum atomic E-state index is 12.2. The van der Waals surface area contributed by atoms with Crippen LogP contribution in [0.3, 0.4) is 0 Å². The molecule has 0 bridgehead atoms. The average Bonchev–Trinajstić information content (AvgIpc) is 2.89. The first-order valence-corrected chi connectivity index (χ1v) is 10.3. The summed E-state index contributed by atoms with van der Waals surface area (Å²) in [6.07, 6.45) is 5.79. The average molecular weight is 389 g/mol. The van der Waals surface area contributed by atoms with Crippen LogP contribution in [0.15, 0.2) is 24.3 Å². The highest BCUT2D eigenvalue weighted by atomic mass is 32.1. The zero-order chi connectivity index (χ0) is 19.1. The van der Waals surface area contributed by atoms with Gasteiger partial charge in [0.05, 0.1) is 5.69 Å². The third-order valence-electron chi connectivity index (χ3n) is 4.50. The zero-order valence-electron chi connectivity index (χ0n) is 16.1. The number of carbonyl (C=O) groups is 1. The van der Waals surface area contributed by atoms with Gasteiger partial charge in [0.1, 0.15) is 12.4 Å². The molecule has 0 saturated carbocycles. The van der Waals surface area contributed by atoms with E-state index in [1.165, 1.54) is 24.1 Å². The van der Waals surface area contributed by atoms with Gasteiger partial charge in [0.2, 0.25) is 0 Å². The van der Waals surface area contributed by atoms with Gasteiger partial charge in [-0.2, -0.15) is 0 Å². The second-order valence-electron chi connectivity index (χ2n) is 7.05. The number of fused-ring (bicyclic) bond motifs is 1. The SMILES string of the molecule is CN(C)CCOc1ccc(CNC(=O)Nc2nc3c(s2)CCCCC3)cc1. The third-order valence-corrected chi connectivity index (χ3v) is 5.57. The van der Waals surface area contributed by atoms with Gasteiger partial charge in [-0.3, -0.25) is 5.32 Å². The molecule has 2 aromatic rings. The van der Waals surface area contributed by atoms with Crippen molar-refractivity contribution in [2.24, 2.45) is 0 Å². The molecule has 7 heteroatoms. The van der Waals surface area contributed by atoms with Crippen LogP contribution in [0.5, 0.6) is 5.75 Å². The van der Waals surface area contributed by atoms with Crippen LogP contribution in [0.4, 0.5) is 9.93 Å². The summed E-state index contributed by atoms with van der Waals surface area (Å²) in [6.45, 7) is 2.00. The number of aromatic nitrogens is 1. The van der Waals surface area contributed by atoms with E-state index < -0.39 is 0 Å². The Hall–Kier alpha value is -2.12. The first kappa shape index (κ1) is 19.6. The number of aryl methyl sites for hydroxylation is 2. The number of nitrogens with zero attached hydrogens (tertiary/aromatic N) is 2. The molecule has 3 rings (SSSR count). The minimum absolute atomic E-state index is 0.217. The molecule has 0 unspecified atom stereocenters. The van der Waals surface area contributed by atoms with Gasteiger partial charge in [-0.1, -0.05) is 18.6 Å². The van der Waals surface area contributed by atoms with Crippen molar-refractivity contribution in [3.63, 3.8) is 0 Å². The number of thiazole rings is 1. The number of urea groups is 1. The number of carbonyl (C=O) groups excluding carboxylic acids is 1. The molecule has 27 heavy (non-hydrogen) atoms. The summed E-state index contributed by atoms with van der Waals surface area (Å²) in [4.78, 5) is 20.1. The molecule has 0 fully saturated rings. The van der Waals surface area contributed by atoms with Crippen molar-refractivity contribution in [1.29, 1.82) is 0 Å². The Labute approximate surface area is 164 Å². The van der Waals surface area contributed by atoms with Crippen LogP contribution in [-0.2, 0) is 19.4 Å². The van der Waals surface area contributed by atoms with Gasteiger partial charge in [-0.15, -0.1) is 11.3 Å². The van der Waals surface area contributed by atoms with Crippen LogP contribution in [0.2, 0.25) is 0 Å². The molecule has 1 aromatic heterocycles. The summed E-state index contributed by atoms with van der Waals surface area (Å²) < 4.78 is 5.68. The highest BCUT2D eigenvalue weighted by Gasteiger charge is 2.15. The van der Waals surface area contributed by atoms with E-state index in [4.69, 9.17) is 4.74 Å². The number of rotatable bonds is 7. The van der Waals surface area contributed by atoms with Crippen LogP contribution >= 0.6 is 11.3 Å². The number of likely N-dealkylation sites (N-methyl/N-ethyl adjacent to an activating group) is 1. The van der Waals surface area contributed by atoms with Gasteiger partial charge >= 0.3 is 6.03 Å². The van der Waals surface area contributed by atoms with E-state index in [1.807, 2.05) is 38.4 Å². The predicted molar refractivity (Wildman–Crippen MR) is 110 cm³/mol. The van der Waals surface area contributed by atoms with E-state index in [1.54, 1.807) is 11.3 Å². The topological polar surface area (TPSA) is 66.5 Å². The van der Waals surface area contributed by atoms with E-state index in [-0.39, 0.29) is 6.03 Å². The Kier molecular flexibility index (Phi) is 7.06. The Balaban J connectivity index is 1.43. The van der Waals surface area contributed by atoms with E-state index >= 15 is 0 Å². The van der Waals surface area contributed by atoms with Crippen molar-refractivity contribution in [2.45, 2.75) is 38.6 Å². The lowest BCUT2D eigenvalue weighted by atomic mass is 10.2. The lowest BCUT2D eigenvalue weighted by molar-refractivity contribution is 0.251. The molecule has 2 amide bonds. The lowest BCUT2D eigenvalue weighted by Gasteiger charge is -2.11. The molecule has 0 spiro atoms. The Morgan fingerprint density at radius 3 is 2.74 bits per heavy atom. The Bertz CT molecular complexity index is 719. The zero-order valence-corrected chi connectivity index (χ0v) is 16.9. The standard InChI is InChI=1S/C20H28N4O2S/c1-24(2)12-13-26-16-10-8-15(9-11-16)14-21-19(25)23-20-22-17-6-4-3-5-7-18(17)27-20/h8-11H,3-7,12-14H2,1-2H3,(H2,21,22,23,25). The van der Waals surface area contributed by atoms with Crippen molar-refractivity contribution in [3.8, 4) is 5.75 Å². The van der Waals surface area contributed by atoms with E-state index in [0.717, 1.165) is 36.4 Å². The maximum Gasteiger partial charge on any atom is 0.321 e. The molecule has 6 nitrogen and oxygen atoms in total. The van der Waals surface area contributed by atoms with Crippen molar-refractivity contribution in [1.82, 2.24) is 15.2 Å². The van der Waals surface area contributed by atoms with Crippen molar-refractivity contribution in [2.75, 3.05) is 32.6 Å². The van der Waals surface area contributed by atoms with Gasteiger partial charge in [0.15, 0.2) is 5.13 Å². The molecule has 2 N–H and O–H groups in total. The molecule has 0 saturated heterocycles. The fourth-order valence-electron chi connectivity index (χ4n) is 2.96. The van der Waals surface area contributed by atoms with Gasteiger partial charge in [0.25, 0.3) is 0 Å². The number of hydrogen-bond donors (Lipinski definition) is 2. The summed E-state index contributed by atoms with van der Waals surface area (Å²) in [5, 5.41) is 6.45. The quantitative estimate of drug-likeness (QED) is 0.710. The number of anilines is 1. The monoisotopic (exact) mass is 388 g/mol. The van der Waals surface area contributed by atoms with E-state index in [9.17, 15) is 4.79 Å². The summed E-state index contributed by atoms with van der Waals surface area (Å²) >= 11 is 1.61. The fraction of sp³-hybridized carbons (Fsp3) is 0.500. The molecule has 1 aliphatic carbocycles. The minimum Gasteiger partial charge on any atom is -0.492 e. The smallest absolute Gasteiger partial charge is 0.321 e. The molecule has 0 aliphatic heterocycles. The van der Waals surface area contributed by atoms with E-state index in [0.29, 0.717) is 18.3 Å². The Morgan fingerprint density at radius 1 is 1.19 bits per heavy atom. The van der Waals surface area contributed by atoms with Crippen LogP contribution in [0.25, 0.3) is 0 Å². The number of ether oxygens (including phenoxy) is 1. The first-order chi connectivity index (χ1) is 13.1. The van der Waals surface area contributed by atoms with Crippen molar-refractivity contribution < 1.29 is 9.53 Å². The molecule has 1 aromatic carbocycles. The van der Waals surface area contributed by atoms with Gasteiger partial charge in [0, 0.05) is 18.0 Å². The molecular weight excluding hydrogens is 360 g/mol. The molecule has 1 heterocycles. The molecule has 146 valence electrons. The van der Waals surface area contributed by atoms with Crippen LogP contribution in [0, 0.1) is 0 Å². The first-order valence-electron chi connectivity index (χ1n) is 9.50. The normalized spacial score (nSPS) is 13.7. The second-order valence-corrected chi connectivity index (χ2v) is 8.14. The molecule has 0 atom stereocenters. The van der Waals surface area contributed by atoms with Crippen LogP contribution in [0.1, 0.15) is 35.4 Å². The third kappa shape index (κ3) is 6.22. The summed E-state index contributed by atoms with van der Waals surface area (Å²) in [6, 6.07) is 7.59. The largest absolute Gasteiger partial charge is 0.492 e. The lowest BCUT2D eigenvalue weighted by Crippen LogP contribution is -2.28. The maximum absolute atomic E-state index is 12.2. The van der Waals surface area contributed by atoms with Gasteiger partial charge in [-0.25, -0.2) is 9.78 Å². The Morgan fingerprint density at radius 2 is 1.96 bits per heavy atom. The van der Waals surface area contributed by atoms with Crippen LogP contribution in [-0.4, -0.2) is 43.2 Å². The van der Waals surface area contributed by atoms with Crippen molar-refractivity contribution in [3.05, 3.63) is 40.4 Å². The predicted octanol–water partition coefficient (Wildman–Crippen LogP) is 3.67. The van der Waals surface area contributed by atoms with Crippen LogP contribution < -0.4 is 15.4 Å². The second kappa shape index (κ2) is 9.71. The molecular formula is C20H28N4O2S. The highest BCUT2D eigenvalue weighted by Crippen LogP contribution is 2.28. The number of benzene rings is 1. The fourth-order valence-corrected chi connectivity index (χ4v) is 4.00. The highest BCUT2D eigenvalue weighted by molar-refractivity contribution is 7.15. The summed E-state index contributed by atoms with van der Waals surface area (Å²) in [5.74, 6) is 0.842. The number of hydrogen-bond acceptors (Lipinski definition) is 5. The molecule has 0 radical (unpaired) electrons. The molecule has 1 aliphatic rings. The minimum atomic E-state index is -0.217.